The number of hydrogen-bond donors (Lipinski definition) is 3. The van der Waals surface area contributed by atoms with Crippen molar-refractivity contribution in [1.29, 1.82) is 0 Å². The zero-order valence-electron chi connectivity index (χ0n) is 19.8. The second kappa shape index (κ2) is 9.82. The summed E-state index contributed by atoms with van der Waals surface area (Å²) in [6, 6.07) is 2.79. The quantitative estimate of drug-likeness (QED) is 0.353. The molecule has 0 bridgehead atoms. The van der Waals surface area contributed by atoms with E-state index >= 15 is 0 Å². The summed E-state index contributed by atoms with van der Waals surface area (Å²) in [4.78, 5) is 12.3. The number of hydrogen-bond acceptors (Lipinski definition) is 8. The average Bonchev–Trinajstić information content (AvgIpc) is 2.83. The van der Waals surface area contributed by atoms with Gasteiger partial charge in [0.1, 0.15) is 28.7 Å². The summed E-state index contributed by atoms with van der Waals surface area (Å²) in [6.07, 6.45) is -5.77. The molecule has 0 amide bonds. The molecule has 3 aromatic rings. The van der Waals surface area contributed by atoms with Crippen LogP contribution in [0.25, 0.3) is 17.1 Å². The Hall–Kier alpha value is -3.97. The first-order chi connectivity index (χ1) is 17.3. The molecule has 14 heteroatoms. The molecule has 0 saturated heterocycles. The predicted octanol–water partition coefficient (Wildman–Crippen LogP) is 5.70. The van der Waals surface area contributed by atoms with Gasteiger partial charge in [0.25, 0.3) is 0 Å². The van der Waals surface area contributed by atoms with Crippen LogP contribution in [0.2, 0.25) is 0 Å². The number of anilines is 3. The number of aromatic nitrogens is 5. The molecule has 1 atom stereocenters. The van der Waals surface area contributed by atoms with E-state index < -0.39 is 29.2 Å². The van der Waals surface area contributed by atoms with Gasteiger partial charge in [0.05, 0.1) is 23.0 Å². The number of alkyl halides is 6. The Morgan fingerprint density at radius 3 is 2.27 bits per heavy atom. The summed E-state index contributed by atoms with van der Waals surface area (Å²) in [6.45, 7) is 5.91. The number of nitrogens with zero attached hydrogens (tertiary/aromatic N) is 5. The lowest BCUT2D eigenvalue weighted by Gasteiger charge is -2.21. The molecule has 0 aliphatic carbocycles. The van der Waals surface area contributed by atoms with Gasteiger partial charge in [-0.25, -0.2) is 15.0 Å². The Morgan fingerprint density at radius 1 is 0.892 bits per heavy atom. The van der Waals surface area contributed by atoms with E-state index in [9.17, 15) is 26.3 Å². The van der Waals surface area contributed by atoms with Crippen molar-refractivity contribution in [1.82, 2.24) is 25.1 Å². The number of pyridine rings is 1. The van der Waals surface area contributed by atoms with Crippen LogP contribution in [-0.2, 0) is 12.4 Å². The Balaban J connectivity index is 1.63. The molecule has 196 valence electrons. The molecule has 0 spiro atoms. The molecule has 0 fully saturated rings. The highest BCUT2D eigenvalue weighted by molar-refractivity contribution is 5.82. The minimum Gasteiger partial charge on any atom is -0.366 e. The van der Waals surface area contributed by atoms with Gasteiger partial charge in [0, 0.05) is 18.8 Å². The average molecular weight is 524 g/mol. The van der Waals surface area contributed by atoms with Crippen molar-refractivity contribution >= 4 is 23.2 Å². The normalized spacial score (nSPS) is 14.5. The zero-order chi connectivity index (χ0) is 27.0. The fraction of sp³-hybridized carbons (Fsp3) is 0.348. The summed E-state index contributed by atoms with van der Waals surface area (Å²) in [5, 5.41) is 16.4. The van der Waals surface area contributed by atoms with Crippen molar-refractivity contribution in [3.8, 4) is 11.4 Å². The number of rotatable bonds is 6. The van der Waals surface area contributed by atoms with Gasteiger partial charge in [-0.2, -0.15) is 26.3 Å². The number of nitrogens with one attached hydrogen (secondary N) is 3. The molecule has 1 aliphatic rings. The lowest BCUT2D eigenvalue weighted by Crippen LogP contribution is -2.23. The second-order valence-electron chi connectivity index (χ2n) is 8.67. The summed E-state index contributed by atoms with van der Waals surface area (Å²) in [5.74, 6) is 0.434. The topological polar surface area (TPSA) is 101 Å². The predicted molar refractivity (Wildman–Crippen MR) is 125 cm³/mol. The molecule has 0 aromatic carbocycles. The van der Waals surface area contributed by atoms with Crippen molar-refractivity contribution in [2.45, 2.75) is 39.2 Å². The fourth-order valence-corrected chi connectivity index (χ4v) is 3.32. The highest BCUT2D eigenvalue weighted by Crippen LogP contribution is 2.37. The molecule has 4 rings (SSSR count). The molecule has 37 heavy (non-hydrogen) atoms. The standard InChI is InChI=1S/C23H22F6N8/c1-11(2)12(3)33-18-8-14(23(27,28)29)19(37-36-18)16-10-32-20-15(6-7-30-21(20)35-16)34-17-5-4-13(9-31-17)22(24,25)26/h4-6,8-12H,7H2,1-3H3,(H,30,35)(H,31,34)(H,33,36). The van der Waals surface area contributed by atoms with E-state index in [0.29, 0.717) is 11.9 Å². The Bertz CT molecular complexity index is 1300. The van der Waals surface area contributed by atoms with E-state index in [1.165, 1.54) is 0 Å². The van der Waals surface area contributed by atoms with E-state index in [1.807, 2.05) is 20.8 Å². The Kier molecular flexibility index (Phi) is 6.93. The molecule has 1 unspecified atom stereocenters. The summed E-state index contributed by atoms with van der Waals surface area (Å²) in [5.41, 5.74) is -1.92. The maximum atomic E-state index is 13.9. The summed E-state index contributed by atoms with van der Waals surface area (Å²) >= 11 is 0. The maximum absolute atomic E-state index is 13.9. The van der Waals surface area contributed by atoms with Crippen LogP contribution in [0.1, 0.15) is 37.6 Å². The van der Waals surface area contributed by atoms with Gasteiger partial charge in [-0.3, -0.25) is 0 Å². The van der Waals surface area contributed by atoms with Gasteiger partial charge in [-0.1, -0.05) is 13.8 Å². The highest BCUT2D eigenvalue weighted by atomic mass is 19.4. The molecular weight excluding hydrogens is 502 g/mol. The molecule has 3 aromatic heterocycles. The summed E-state index contributed by atoms with van der Waals surface area (Å²) < 4.78 is 80.0. The van der Waals surface area contributed by atoms with Crippen LogP contribution in [0.15, 0.2) is 36.7 Å². The first-order valence-electron chi connectivity index (χ1n) is 11.2. The minimum absolute atomic E-state index is 0.0141. The second-order valence-corrected chi connectivity index (χ2v) is 8.67. The molecule has 0 saturated carbocycles. The molecule has 4 heterocycles. The van der Waals surface area contributed by atoms with Crippen LogP contribution in [0.3, 0.4) is 0 Å². The van der Waals surface area contributed by atoms with Crippen molar-refractivity contribution in [2.24, 2.45) is 5.92 Å². The van der Waals surface area contributed by atoms with Gasteiger partial charge in [0.2, 0.25) is 0 Å². The smallest absolute Gasteiger partial charge is 0.366 e. The largest absolute Gasteiger partial charge is 0.418 e. The molecular formula is C23H22F6N8. The van der Waals surface area contributed by atoms with Crippen LogP contribution in [-0.4, -0.2) is 37.7 Å². The lowest BCUT2D eigenvalue weighted by atomic mass is 10.1. The SMILES string of the molecule is CC(C)C(C)Nc1cc(C(F)(F)F)c(-c2cnc3c(n2)NCC=C3Nc2ccc(C(F)(F)F)cn2)nn1. The lowest BCUT2D eigenvalue weighted by molar-refractivity contribution is -0.138. The van der Waals surface area contributed by atoms with Crippen LogP contribution >= 0.6 is 0 Å². The van der Waals surface area contributed by atoms with E-state index in [0.717, 1.165) is 24.4 Å². The molecule has 0 radical (unpaired) electrons. The zero-order valence-corrected chi connectivity index (χ0v) is 19.8. The van der Waals surface area contributed by atoms with Gasteiger partial charge in [-0.05, 0) is 37.1 Å². The van der Waals surface area contributed by atoms with Crippen LogP contribution in [0.4, 0.5) is 43.8 Å². The van der Waals surface area contributed by atoms with Crippen molar-refractivity contribution < 1.29 is 26.3 Å². The van der Waals surface area contributed by atoms with Crippen molar-refractivity contribution in [2.75, 3.05) is 22.5 Å². The van der Waals surface area contributed by atoms with Gasteiger partial charge >= 0.3 is 12.4 Å². The third-order valence-electron chi connectivity index (χ3n) is 5.67. The molecule has 1 aliphatic heterocycles. The van der Waals surface area contributed by atoms with E-state index in [2.05, 4.69) is 41.1 Å². The monoisotopic (exact) mass is 524 g/mol. The van der Waals surface area contributed by atoms with Crippen LogP contribution in [0, 0.1) is 5.92 Å². The molecule has 3 N–H and O–H groups in total. The Morgan fingerprint density at radius 2 is 1.65 bits per heavy atom. The molecule has 8 nitrogen and oxygen atoms in total. The Labute approximate surface area is 207 Å². The van der Waals surface area contributed by atoms with Crippen LogP contribution < -0.4 is 16.0 Å². The van der Waals surface area contributed by atoms with E-state index in [4.69, 9.17) is 0 Å². The number of fused-ring (bicyclic) bond motifs is 1. The van der Waals surface area contributed by atoms with Crippen molar-refractivity contribution in [3.63, 3.8) is 0 Å². The maximum Gasteiger partial charge on any atom is 0.418 e. The van der Waals surface area contributed by atoms with Crippen LogP contribution in [0.5, 0.6) is 0 Å². The third-order valence-corrected chi connectivity index (χ3v) is 5.67. The minimum atomic E-state index is -4.73. The summed E-state index contributed by atoms with van der Waals surface area (Å²) in [7, 11) is 0. The van der Waals surface area contributed by atoms with Gasteiger partial charge < -0.3 is 16.0 Å². The third kappa shape index (κ3) is 5.89. The van der Waals surface area contributed by atoms with Gasteiger partial charge in [0.15, 0.2) is 5.82 Å². The highest BCUT2D eigenvalue weighted by Gasteiger charge is 2.36. The van der Waals surface area contributed by atoms with E-state index in [-0.39, 0.29) is 47.3 Å². The number of halogens is 6. The first-order valence-corrected chi connectivity index (χ1v) is 11.2. The first kappa shape index (κ1) is 26.1. The van der Waals surface area contributed by atoms with Crippen molar-refractivity contribution in [3.05, 3.63) is 53.5 Å². The fourth-order valence-electron chi connectivity index (χ4n) is 3.32. The van der Waals surface area contributed by atoms with E-state index in [1.54, 1.807) is 6.08 Å². The van der Waals surface area contributed by atoms with Gasteiger partial charge in [-0.15, -0.1) is 10.2 Å².